The summed E-state index contributed by atoms with van der Waals surface area (Å²) in [5, 5.41) is 7.39. The third kappa shape index (κ3) is 18.2. The monoisotopic (exact) mass is 1840 g/mol. The minimum Gasteiger partial charge on any atom is -0.456 e. The summed E-state index contributed by atoms with van der Waals surface area (Å²) in [6, 6.07) is 71.9. The number of nitrogens with zero attached hydrogens (tertiary/aromatic N) is 8. The third-order valence-electron chi connectivity index (χ3n) is 26.6. The van der Waals surface area contributed by atoms with Crippen molar-refractivity contribution in [3.05, 3.63) is 380 Å². The molecule has 0 aliphatic heterocycles. The third-order valence-corrected chi connectivity index (χ3v) is 26.6. The highest BCUT2D eigenvalue weighted by molar-refractivity contribution is 6.19. The first-order valence-corrected chi connectivity index (χ1v) is 47.1. The molecule has 12 nitrogen and oxygen atoms in total. The molecule has 0 N–H and O–H groups in total. The summed E-state index contributed by atoms with van der Waals surface area (Å²) in [5.74, 6) is -1.43. The van der Waals surface area contributed by atoms with Crippen molar-refractivity contribution in [3.8, 4) is 89.5 Å². The van der Waals surface area contributed by atoms with E-state index in [1.165, 1.54) is 35.4 Å². The molecule has 0 spiro atoms. The number of rotatable bonds is 16. The van der Waals surface area contributed by atoms with Crippen molar-refractivity contribution >= 4 is 111 Å². The molecule has 0 aliphatic rings. The van der Waals surface area contributed by atoms with E-state index >= 15 is 0 Å². The molecule has 1 atom stereocenters. The summed E-state index contributed by atoms with van der Waals surface area (Å²) < 4.78 is 149. The van der Waals surface area contributed by atoms with Gasteiger partial charge in [-0.25, -0.2) is 37.6 Å². The molecule has 0 radical (unpaired) electrons. The number of pyridine rings is 4. The average molecular weight is 1840 g/mol. The maximum absolute atomic E-state index is 8.72. The number of fused-ring (bicyclic) bond motifs is 12. The largest absolute Gasteiger partial charge is 0.456 e. The van der Waals surface area contributed by atoms with Crippen molar-refractivity contribution in [2.75, 3.05) is 0 Å². The number of benzene rings is 12. The van der Waals surface area contributed by atoms with Crippen LogP contribution in [-0.4, -0.2) is 0 Å². The fourth-order valence-electron chi connectivity index (χ4n) is 18.9. The topological polar surface area (TPSA) is 85.5 Å². The van der Waals surface area contributed by atoms with Gasteiger partial charge in [0, 0.05) is 126 Å². The number of hydrogen-bond donors (Lipinski definition) is 0. The quantitative estimate of drug-likeness (QED) is 0.0712. The summed E-state index contributed by atoms with van der Waals surface area (Å²) >= 11 is 0. The maximum Gasteiger partial charge on any atom is 0.216 e. The molecule has 0 amide bonds. The fourth-order valence-corrected chi connectivity index (χ4v) is 18.9. The van der Waals surface area contributed by atoms with E-state index < -0.39 is 31.9 Å². The van der Waals surface area contributed by atoms with Gasteiger partial charge in [-0.3, -0.25) is 0 Å². The van der Waals surface area contributed by atoms with E-state index in [2.05, 4.69) is 172 Å². The van der Waals surface area contributed by atoms with Gasteiger partial charge in [0.2, 0.25) is 22.8 Å². The normalized spacial score (nSPS) is 13.8. The van der Waals surface area contributed by atoms with Gasteiger partial charge in [0.1, 0.15) is 72.9 Å². The van der Waals surface area contributed by atoms with Crippen LogP contribution in [0.5, 0.6) is 0 Å². The Hall–Kier alpha value is -15.6. The molecule has 20 rings (SSSR count). The number of hydrogen-bond acceptors (Lipinski definition) is 4. The van der Waals surface area contributed by atoms with Gasteiger partial charge in [-0.1, -0.05) is 291 Å². The van der Waals surface area contributed by atoms with Crippen LogP contribution in [0, 0.1) is 66.8 Å². The van der Waals surface area contributed by atoms with Crippen LogP contribution in [0.15, 0.2) is 285 Å². The van der Waals surface area contributed by atoms with Crippen molar-refractivity contribution in [1.82, 2.24) is 0 Å². The molecule has 8 heterocycles. The molecule has 12 heteroatoms. The predicted molar refractivity (Wildman–Crippen MR) is 575 cm³/mol. The lowest BCUT2D eigenvalue weighted by molar-refractivity contribution is -0.661. The Bertz CT molecular complexity index is 8880. The molecule has 139 heavy (non-hydrogen) atoms. The first kappa shape index (κ1) is 78.6. The zero-order valence-electron chi connectivity index (χ0n) is 96.7. The van der Waals surface area contributed by atoms with Gasteiger partial charge in [-0.05, 0) is 173 Å². The smallest absolute Gasteiger partial charge is 0.216 e. The summed E-state index contributed by atoms with van der Waals surface area (Å²) in [7, 11) is 7.40. The van der Waals surface area contributed by atoms with E-state index in [-0.39, 0.29) is 35.2 Å². The Labute approximate surface area is 837 Å². The molecule has 0 aliphatic carbocycles. The summed E-state index contributed by atoms with van der Waals surface area (Å²) in [6.45, 7) is 60.2. The van der Waals surface area contributed by atoms with E-state index in [0.29, 0.717) is 114 Å². The lowest BCUT2D eigenvalue weighted by Crippen LogP contribution is -2.31. The van der Waals surface area contributed by atoms with Crippen molar-refractivity contribution in [1.29, 1.82) is 0 Å². The van der Waals surface area contributed by atoms with Gasteiger partial charge in [-0.15, -0.1) is 0 Å². The molecule has 690 valence electrons. The molecule has 8 aromatic heterocycles. The first-order chi connectivity index (χ1) is 72.2. The standard InChI is InChI=1S/C33H33N2O.2C32H31N2O.C30H27N2O/c1-20(2)18-23-9-17-29(35(7)19-23)30-22(5)8-14-26-27-15-16-28(34-6)31(33(27)36-32(26)30)25-12-10-24(11-13-25)21(3)4;2*1-19(2)22-9-11-23(12-10-22)30-27(33-6)16-15-26-25-14-8-21(5)29(31(25)35-32(26)30)28-17-13-24(20(3)4)18-34(28)7;1-18(2)21-9-11-22(12-10-21)28-25(31-5)15-14-24-23-13-8-20(4)27(29(23)33-30(24)28)26-16-7-19(3)17-32(26)6/h8-17,19-21H,18H2,1-5,7H3;2*8-20H,1-5,7H3;7-18H,1-4,6H3/q4*+1/i9D,18D2;3D3,13D,20D;13D,20D;3D3,7D. The van der Waals surface area contributed by atoms with Crippen molar-refractivity contribution in [3.63, 3.8) is 0 Å². The van der Waals surface area contributed by atoms with Crippen LogP contribution in [0.4, 0.5) is 22.7 Å². The summed E-state index contributed by atoms with van der Waals surface area (Å²) in [5.41, 5.74) is 30.6. The molecule has 0 saturated heterocycles. The van der Waals surface area contributed by atoms with Crippen LogP contribution in [0.1, 0.15) is 218 Å². The van der Waals surface area contributed by atoms with Crippen molar-refractivity contribution in [2.45, 2.75) is 173 Å². The second kappa shape index (κ2) is 39.2. The van der Waals surface area contributed by atoms with Gasteiger partial charge in [0.15, 0.2) is 47.5 Å². The summed E-state index contributed by atoms with van der Waals surface area (Å²) in [4.78, 5) is 15.2. The molecular formula is C127H122N8O4+4. The zero-order chi connectivity index (χ0) is 111. The predicted octanol–water partition coefficient (Wildman–Crippen LogP) is 34.7. The number of furan rings is 4. The Kier molecular flexibility index (Phi) is 22.2. The second-order valence-electron chi connectivity index (χ2n) is 38.1. The average Bonchev–Trinajstić information content (AvgIpc) is 1.57. The minimum absolute atomic E-state index is 0.00186. The lowest BCUT2D eigenvalue weighted by Gasteiger charge is -2.09. The van der Waals surface area contributed by atoms with E-state index in [4.69, 9.17) is 63.1 Å². The van der Waals surface area contributed by atoms with Gasteiger partial charge >= 0.3 is 0 Å². The number of aryl methyl sites for hydroxylation is 9. The Morgan fingerprint density at radius 1 is 0.288 bits per heavy atom. The molecule has 1 unspecified atom stereocenters. The second-order valence-corrected chi connectivity index (χ2v) is 38.1. The van der Waals surface area contributed by atoms with E-state index in [1.54, 1.807) is 67.7 Å². The van der Waals surface area contributed by atoms with Crippen LogP contribution < -0.4 is 18.3 Å². The van der Waals surface area contributed by atoms with Crippen molar-refractivity contribution < 1.29 is 55.1 Å². The first-order valence-electron chi connectivity index (χ1n) is 54.1. The zero-order valence-corrected chi connectivity index (χ0v) is 82.7. The SMILES string of the molecule is [2H]c1cc(-c2c(C)ccc3c2oc2c(-c4ccc(C(C)C)cc4)c([N+]#[C-])ccc23)[n+](C)cc1C([2H])(C)C.[2H]c1cc(-c2c(C)ccc3c2oc2c(-c4ccc(C(C)C)cc4)c([N+]#[C-])ccc23)[n+](C)cc1C([2H])(C)C([2H])([2H])[2H].[2H]c1cc(-c2c(C)ccc3c2oc2c(-c4ccc(C(C)C)cc4)c([N+]#[C-])ccc23)[n+](C)cc1C([2H])([2H])C(C)C.[2H]c1cc(-c2c(C)ccc3c2oc2c(-c4ccc(C(C)C)cc4)c([N+]#[C-])ccc23)[n+](C)cc1C([2H])([2H])[2H]. The molecule has 0 fully saturated rings. The minimum atomic E-state index is -2.59. The Morgan fingerprint density at radius 2 is 0.532 bits per heavy atom. The van der Waals surface area contributed by atoms with Gasteiger partial charge < -0.3 is 17.7 Å². The molecule has 0 saturated carbocycles. The van der Waals surface area contributed by atoms with Crippen LogP contribution in [0.25, 0.3) is 197 Å². The molecule has 20 aromatic rings. The Balaban J connectivity index is 0.000000138. The molecule has 12 aromatic carbocycles. The van der Waals surface area contributed by atoms with E-state index in [0.717, 1.165) is 149 Å². The highest BCUT2D eigenvalue weighted by Crippen LogP contribution is 2.51. The highest BCUT2D eigenvalue weighted by Gasteiger charge is 2.31. The summed E-state index contributed by atoms with van der Waals surface area (Å²) in [6.07, 6.45) is 5.06. The number of aromatic nitrogens is 4. The van der Waals surface area contributed by atoms with Gasteiger partial charge in [-0.2, -0.15) is 0 Å². The van der Waals surface area contributed by atoms with Crippen molar-refractivity contribution in [2.24, 2.45) is 34.1 Å². The Morgan fingerprint density at radius 3 is 0.784 bits per heavy atom. The van der Waals surface area contributed by atoms with Crippen LogP contribution in [0.3, 0.4) is 0 Å². The lowest BCUT2D eigenvalue weighted by atomic mass is 9.96. The van der Waals surface area contributed by atoms with Gasteiger partial charge in [0.05, 0.1) is 54.0 Å². The van der Waals surface area contributed by atoms with Crippen LogP contribution in [0.2, 0.25) is 0 Å². The highest BCUT2D eigenvalue weighted by atomic mass is 16.3. The maximum atomic E-state index is 8.72. The van der Waals surface area contributed by atoms with Crippen LogP contribution in [-0.2, 0) is 34.6 Å². The van der Waals surface area contributed by atoms with Gasteiger partial charge in [0.25, 0.3) is 0 Å². The molecular weight excluding hydrogens is 1700 g/mol. The fraction of sp³-hybridized carbons (Fsp3) is 0.244. The van der Waals surface area contributed by atoms with E-state index in [9.17, 15) is 0 Å². The van der Waals surface area contributed by atoms with Crippen LogP contribution >= 0.6 is 0 Å². The molecule has 0 bridgehead atoms. The van der Waals surface area contributed by atoms with E-state index in [1.807, 2.05) is 174 Å².